The minimum atomic E-state index is -0.307. The predicted molar refractivity (Wildman–Crippen MR) is 136 cm³/mol. The zero-order chi connectivity index (χ0) is 25.1. The number of nitrogens with zero attached hydrogens (tertiary/aromatic N) is 5. The van der Waals surface area contributed by atoms with E-state index in [0.717, 1.165) is 61.3 Å². The van der Waals surface area contributed by atoms with Gasteiger partial charge < -0.3 is 19.4 Å². The average Bonchev–Trinajstić information content (AvgIpc) is 2.93. The fraction of sp³-hybridized carbons (Fsp3) is 0.407. The summed E-state index contributed by atoms with van der Waals surface area (Å²) in [7, 11) is 0. The third-order valence-corrected chi connectivity index (χ3v) is 6.97. The van der Waals surface area contributed by atoms with E-state index >= 15 is 0 Å². The van der Waals surface area contributed by atoms with Gasteiger partial charge in [0.2, 0.25) is 0 Å². The summed E-state index contributed by atoms with van der Waals surface area (Å²) >= 11 is 0. The van der Waals surface area contributed by atoms with E-state index in [2.05, 4.69) is 20.0 Å². The summed E-state index contributed by atoms with van der Waals surface area (Å²) in [5, 5.41) is 10.5. The third-order valence-electron chi connectivity index (χ3n) is 6.97. The topological polar surface area (TPSA) is 78.9 Å². The Kier molecular flexibility index (Phi) is 6.97. The van der Waals surface area contributed by atoms with Crippen molar-refractivity contribution >= 4 is 34.2 Å². The molecule has 2 aromatic carbocycles. The van der Waals surface area contributed by atoms with Crippen LogP contribution in [0.3, 0.4) is 0 Å². The molecule has 9 heteroatoms. The van der Waals surface area contributed by atoms with Crippen molar-refractivity contribution in [1.82, 2.24) is 15.1 Å². The Morgan fingerprint density at radius 2 is 1.64 bits per heavy atom. The molecule has 0 radical (unpaired) electrons. The molecule has 1 unspecified atom stereocenters. The average molecular weight is 492 g/mol. The molecule has 0 N–H and O–H groups in total. The standard InChI is InChI=1S/C27H30FN5O3/c1-2-36-27(35)19-6-5-13-33(18-19)26(34)24-22-7-3-4-8-23(22)25(30-29-24)32-16-14-31(15-17-32)21-11-9-20(28)10-12-21/h3-4,7-12,19H,2,5-6,13-18H2,1H3. The zero-order valence-electron chi connectivity index (χ0n) is 20.4. The van der Waals surface area contributed by atoms with Crippen molar-refractivity contribution in [1.29, 1.82) is 0 Å². The second-order valence-corrected chi connectivity index (χ2v) is 9.21. The Bertz CT molecular complexity index is 1240. The molecule has 3 heterocycles. The highest BCUT2D eigenvalue weighted by Crippen LogP contribution is 2.29. The Hall–Kier alpha value is -3.75. The smallest absolute Gasteiger partial charge is 0.310 e. The van der Waals surface area contributed by atoms with Crippen LogP contribution in [0.5, 0.6) is 0 Å². The van der Waals surface area contributed by atoms with Crippen LogP contribution in [-0.2, 0) is 9.53 Å². The van der Waals surface area contributed by atoms with Crippen molar-refractivity contribution < 1.29 is 18.7 Å². The number of carbonyl (C=O) groups excluding carboxylic acids is 2. The first kappa shape index (κ1) is 24.0. The highest BCUT2D eigenvalue weighted by atomic mass is 19.1. The van der Waals surface area contributed by atoms with Gasteiger partial charge in [-0.2, -0.15) is 0 Å². The molecule has 36 heavy (non-hydrogen) atoms. The Morgan fingerprint density at radius 3 is 2.36 bits per heavy atom. The second kappa shape index (κ2) is 10.5. The van der Waals surface area contributed by atoms with Crippen molar-refractivity contribution in [3.63, 3.8) is 0 Å². The maximum atomic E-state index is 13.5. The zero-order valence-corrected chi connectivity index (χ0v) is 20.4. The number of likely N-dealkylation sites (tertiary alicyclic amines) is 1. The molecule has 2 aliphatic heterocycles. The summed E-state index contributed by atoms with van der Waals surface area (Å²) in [6.45, 7) is 6.04. The van der Waals surface area contributed by atoms with E-state index in [0.29, 0.717) is 25.4 Å². The van der Waals surface area contributed by atoms with Gasteiger partial charge in [0.1, 0.15) is 5.82 Å². The largest absolute Gasteiger partial charge is 0.466 e. The Balaban J connectivity index is 1.35. The monoisotopic (exact) mass is 491 g/mol. The summed E-state index contributed by atoms with van der Waals surface area (Å²) in [4.78, 5) is 31.8. The molecule has 5 rings (SSSR count). The van der Waals surface area contributed by atoms with Crippen molar-refractivity contribution in [3.8, 4) is 0 Å². The lowest BCUT2D eigenvalue weighted by Gasteiger charge is -2.37. The first-order chi connectivity index (χ1) is 17.5. The SMILES string of the molecule is CCOC(=O)C1CCCN(C(=O)c2nnc(N3CCN(c4ccc(F)cc4)CC3)c3ccccc23)C1. The maximum absolute atomic E-state index is 13.5. The van der Waals surface area contributed by atoms with Gasteiger partial charge in [0.05, 0.1) is 12.5 Å². The van der Waals surface area contributed by atoms with E-state index in [4.69, 9.17) is 4.74 Å². The van der Waals surface area contributed by atoms with E-state index in [9.17, 15) is 14.0 Å². The summed E-state index contributed by atoms with van der Waals surface area (Å²) in [5.41, 5.74) is 1.30. The van der Waals surface area contributed by atoms with Crippen LogP contribution >= 0.6 is 0 Å². The maximum Gasteiger partial charge on any atom is 0.310 e. The van der Waals surface area contributed by atoms with Crippen LogP contribution in [0.15, 0.2) is 48.5 Å². The molecule has 3 aromatic rings. The van der Waals surface area contributed by atoms with E-state index in [1.165, 1.54) is 12.1 Å². The van der Waals surface area contributed by atoms with Gasteiger partial charge in [-0.15, -0.1) is 10.2 Å². The van der Waals surface area contributed by atoms with E-state index in [1.807, 2.05) is 24.3 Å². The van der Waals surface area contributed by atoms with E-state index < -0.39 is 0 Å². The number of esters is 1. The third kappa shape index (κ3) is 4.82. The first-order valence-electron chi connectivity index (χ1n) is 12.5. The summed E-state index contributed by atoms with van der Waals surface area (Å²) < 4.78 is 18.5. The number of rotatable bonds is 5. The molecule has 8 nitrogen and oxygen atoms in total. The van der Waals surface area contributed by atoms with Gasteiger partial charge >= 0.3 is 5.97 Å². The van der Waals surface area contributed by atoms with Gasteiger partial charge in [0, 0.05) is 55.7 Å². The van der Waals surface area contributed by atoms with Crippen LogP contribution in [0.2, 0.25) is 0 Å². The summed E-state index contributed by atoms with van der Waals surface area (Å²) in [6.07, 6.45) is 1.47. The molecular weight excluding hydrogens is 461 g/mol. The molecule has 2 fully saturated rings. The number of anilines is 2. The van der Waals surface area contributed by atoms with Crippen molar-refractivity contribution in [2.75, 3.05) is 55.7 Å². The predicted octanol–water partition coefficient (Wildman–Crippen LogP) is 3.51. The van der Waals surface area contributed by atoms with E-state index in [1.54, 1.807) is 24.0 Å². The number of carbonyl (C=O) groups is 2. The van der Waals surface area contributed by atoms with Gasteiger partial charge in [-0.3, -0.25) is 9.59 Å². The fourth-order valence-corrected chi connectivity index (χ4v) is 5.07. The highest BCUT2D eigenvalue weighted by molar-refractivity contribution is 6.07. The molecule has 0 spiro atoms. The number of piperazine rings is 1. The van der Waals surface area contributed by atoms with Gasteiger partial charge in [0.25, 0.3) is 5.91 Å². The fourth-order valence-electron chi connectivity index (χ4n) is 5.07. The van der Waals surface area contributed by atoms with Crippen molar-refractivity contribution in [3.05, 3.63) is 60.0 Å². The van der Waals surface area contributed by atoms with Crippen molar-refractivity contribution in [2.45, 2.75) is 19.8 Å². The molecule has 2 aliphatic rings. The molecule has 2 saturated heterocycles. The number of halogens is 1. The minimum Gasteiger partial charge on any atom is -0.466 e. The molecule has 0 bridgehead atoms. The van der Waals surface area contributed by atoms with Gasteiger partial charge in [0.15, 0.2) is 11.5 Å². The number of aromatic nitrogens is 2. The number of benzene rings is 2. The number of fused-ring (bicyclic) bond motifs is 1. The van der Waals surface area contributed by atoms with E-state index in [-0.39, 0.29) is 23.6 Å². The molecule has 188 valence electrons. The molecule has 1 amide bonds. The van der Waals surface area contributed by atoms with Crippen LogP contribution in [-0.4, -0.2) is 72.8 Å². The molecular formula is C27H30FN5O3. The van der Waals surface area contributed by atoms with Gasteiger partial charge in [-0.05, 0) is 44.0 Å². The summed E-state index contributed by atoms with van der Waals surface area (Å²) in [5.74, 6) is -0.251. The molecule has 0 saturated carbocycles. The van der Waals surface area contributed by atoms with Gasteiger partial charge in [-0.1, -0.05) is 24.3 Å². The summed E-state index contributed by atoms with van der Waals surface area (Å²) in [6, 6.07) is 14.3. The number of ether oxygens (including phenoxy) is 1. The molecule has 0 aliphatic carbocycles. The van der Waals surface area contributed by atoms with Crippen LogP contribution in [0.25, 0.3) is 10.8 Å². The number of hydrogen-bond acceptors (Lipinski definition) is 7. The van der Waals surface area contributed by atoms with Gasteiger partial charge in [-0.25, -0.2) is 4.39 Å². The first-order valence-corrected chi connectivity index (χ1v) is 12.5. The lowest BCUT2D eigenvalue weighted by Crippen LogP contribution is -2.47. The van der Waals surface area contributed by atoms with Crippen LogP contribution in [0.4, 0.5) is 15.9 Å². The minimum absolute atomic E-state index is 0.208. The Labute approximate surface area is 209 Å². The lowest BCUT2D eigenvalue weighted by atomic mass is 9.97. The lowest BCUT2D eigenvalue weighted by molar-refractivity contribution is -0.149. The van der Waals surface area contributed by atoms with Crippen LogP contribution in [0.1, 0.15) is 30.3 Å². The highest BCUT2D eigenvalue weighted by Gasteiger charge is 2.32. The number of hydrogen-bond donors (Lipinski definition) is 0. The number of piperidine rings is 1. The quantitative estimate of drug-likeness (QED) is 0.506. The Morgan fingerprint density at radius 1 is 0.944 bits per heavy atom. The van der Waals surface area contributed by atoms with Crippen molar-refractivity contribution in [2.24, 2.45) is 5.92 Å². The number of amides is 1. The van der Waals surface area contributed by atoms with Crippen LogP contribution in [0, 0.1) is 11.7 Å². The molecule has 1 aromatic heterocycles. The second-order valence-electron chi connectivity index (χ2n) is 9.21. The van der Waals surface area contributed by atoms with Crippen LogP contribution < -0.4 is 9.80 Å². The molecule has 1 atom stereocenters. The normalized spacial score (nSPS) is 18.4.